The highest BCUT2D eigenvalue weighted by Gasteiger charge is 2.35. The summed E-state index contributed by atoms with van der Waals surface area (Å²) >= 11 is 0. The number of hydrogen-bond acceptors (Lipinski definition) is 5. The minimum atomic E-state index is -0.306. The summed E-state index contributed by atoms with van der Waals surface area (Å²) < 4.78 is 5.34. The van der Waals surface area contributed by atoms with Gasteiger partial charge in [0.2, 0.25) is 5.91 Å². The molecule has 9 heteroatoms. The lowest BCUT2D eigenvalue weighted by Gasteiger charge is -2.41. The summed E-state index contributed by atoms with van der Waals surface area (Å²) in [4.78, 5) is 45.4. The Morgan fingerprint density at radius 1 is 1.03 bits per heavy atom. The van der Waals surface area contributed by atoms with E-state index in [2.05, 4.69) is 17.1 Å². The Balaban J connectivity index is 1.85. The Hall–Kier alpha value is -1.87. The lowest BCUT2D eigenvalue weighted by atomic mass is 9.81. The van der Waals surface area contributed by atoms with E-state index in [0.29, 0.717) is 58.9 Å². The van der Waals surface area contributed by atoms with Crippen molar-refractivity contribution in [2.24, 2.45) is 11.8 Å². The summed E-state index contributed by atoms with van der Waals surface area (Å²) in [6.07, 6.45) is 2.91. The number of ether oxygens (including phenoxy) is 1. The molecule has 0 saturated carbocycles. The van der Waals surface area contributed by atoms with Crippen molar-refractivity contribution in [2.75, 3.05) is 73.1 Å². The van der Waals surface area contributed by atoms with Gasteiger partial charge in [-0.3, -0.25) is 9.69 Å². The Kier molecular flexibility index (Phi) is 10.5. The maximum Gasteiger partial charge on any atom is 0.324 e. The van der Waals surface area contributed by atoms with Crippen LogP contribution in [0.25, 0.3) is 0 Å². The van der Waals surface area contributed by atoms with E-state index >= 15 is 0 Å². The van der Waals surface area contributed by atoms with Gasteiger partial charge in [-0.1, -0.05) is 13.3 Å². The molecule has 0 aromatic rings. The van der Waals surface area contributed by atoms with Gasteiger partial charge < -0.3 is 24.8 Å². The van der Waals surface area contributed by atoms with E-state index in [1.54, 1.807) is 0 Å². The first-order valence-electron chi connectivity index (χ1n) is 11.7. The monoisotopic (exact) mass is 439 g/mol. The number of carbonyl (C=O) groups is 3. The van der Waals surface area contributed by atoms with Crippen molar-refractivity contribution >= 4 is 18.0 Å². The maximum absolute atomic E-state index is 12.9. The molecule has 2 atom stereocenters. The molecule has 178 valence electrons. The molecule has 0 aromatic carbocycles. The number of amides is 5. The van der Waals surface area contributed by atoms with Gasteiger partial charge in [-0.15, -0.1) is 0 Å². The minimum Gasteiger partial charge on any atom is -0.378 e. The van der Waals surface area contributed by atoms with Crippen molar-refractivity contribution in [1.82, 2.24) is 24.9 Å². The number of morpholine rings is 1. The van der Waals surface area contributed by atoms with Crippen molar-refractivity contribution in [1.29, 1.82) is 0 Å². The van der Waals surface area contributed by atoms with Crippen LogP contribution in [-0.4, -0.2) is 111 Å². The summed E-state index contributed by atoms with van der Waals surface area (Å²) in [6, 6.07) is -0.224. The van der Waals surface area contributed by atoms with Crippen LogP contribution in [0.1, 0.15) is 39.5 Å². The zero-order chi connectivity index (χ0) is 22.8. The van der Waals surface area contributed by atoms with Gasteiger partial charge in [0.25, 0.3) is 0 Å². The first-order chi connectivity index (χ1) is 14.9. The number of rotatable bonds is 8. The van der Waals surface area contributed by atoms with Crippen LogP contribution in [0.4, 0.5) is 9.59 Å². The van der Waals surface area contributed by atoms with Crippen LogP contribution >= 0.6 is 0 Å². The SMILES string of the molecule is CC[C@H]1CN(C(=O)N2CCOCC2)CC[C@H]1CC(=O)N(CC)C(=O)NCCCN(C)C. The predicted octanol–water partition coefficient (Wildman–Crippen LogP) is 1.69. The van der Waals surface area contributed by atoms with Crippen LogP contribution in [0, 0.1) is 11.8 Å². The zero-order valence-corrected chi connectivity index (χ0v) is 19.8. The number of likely N-dealkylation sites (tertiary alicyclic amines) is 1. The average molecular weight is 440 g/mol. The van der Waals surface area contributed by atoms with Gasteiger partial charge in [-0.2, -0.15) is 0 Å². The maximum atomic E-state index is 12.9. The number of nitrogens with zero attached hydrogens (tertiary/aromatic N) is 4. The fourth-order valence-electron chi connectivity index (χ4n) is 4.39. The molecule has 0 unspecified atom stereocenters. The van der Waals surface area contributed by atoms with E-state index in [1.807, 2.05) is 30.8 Å². The molecule has 0 spiro atoms. The third-order valence-electron chi connectivity index (χ3n) is 6.33. The molecule has 0 aromatic heterocycles. The van der Waals surface area contributed by atoms with Crippen molar-refractivity contribution in [2.45, 2.75) is 39.5 Å². The van der Waals surface area contributed by atoms with Crippen molar-refractivity contribution < 1.29 is 19.1 Å². The lowest BCUT2D eigenvalue weighted by Crippen LogP contribution is -2.53. The minimum absolute atomic E-state index is 0.0822. The van der Waals surface area contributed by atoms with Crippen LogP contribution in [-0.2, 0) is 9.53 Å². The number of urea groups is 2. The predicted molar refractivity (Wildman–Crippen MR) is 120 cm³/mol. The molecule has 2 fully saturated rings. The zero-order valence-electron chi connectivity index (χ0n) is 19.8. The number of carbonyl (C=O) groups excluding carboxylic acids is 3. The summed E-state index contributed by atoms with van der Waals surface area (Å²) in [5.74, 6) is 0.343. The Morgan fingerprint density at radius 2 is 1.74 bits per heavy atom. The molecule has 9 nitrogen and oxygen atoms in total. The van der Waals surface area contributed by atoms with Gasteiger partial charge in [0.05, 0.1) is 13.2 Å². The summed E-state index contributed by atoms with van der Waals surface area (Å²) in [5, 5.41) is 2.86. The summed E-state index contributed by atoms with van der Waals surface area (Å²) in [7, 11) is 3.99. The molecule has 0 bridgehead atoms. The molecule has 1 N–H and O–H groups in total. The van der Waals surface area contributed by atoms with Gasteiger partial charge in [0, 0.05) is 45.7 Å². The van der Waals surface area contributed by atoms with Gasteiger partial charge in [-0.25, -0.2) is 9.59 Å². The third-order valence-corrected chi connectivity index (χ3v) is 6.33. The first kappa shape index (κ1) is 25.4. The van der Waals surface area contributed by atoms with E-state index in [1.165, 1.54) is 4.90 Å². The second-order valence-corrected chi connectivity index (χ2v) is 8.78. The van der Waals surface area contributed by atoms with E-state index in [9.17, 15) is 14.4 Å². The Bertz CT molecular complexity index is 594. The number of hydrogen-bond donors (Lipinski definition) is 1. The van der Waals surface area contributed by atoms with Gasteiger partial charge in [0.15, 0.2) is 0 Å². The second-order valence-electron chi connectivity index (χ2n) is 8.78. The number of nitrogens with one attached hydrogen (secondary N) is 1. The fraction of sp³-hybridized carbons (Fsp3) is 0.864. The van der Waals surface area contributed by atoms with Crippen LogP contribution in [0.2, 0.25) is 0 Å². The fourth-order valence-corrected chi connectivity index (χ4v) is 4.39. The molecule has 0 aliphatic carbocycles. The molecule has 2 saturated heterocycles. The molecule has 31 heavy (non-hydrogen) atoms. The lowest BCUT2D eigenvalue weighted by molar-refractivity contribution is -0.130. The highest BCUT2D eigenvalue weighted by molar-refractivity contribution is 5.94. The van der Waals surface area contributed by atoms with E-state index in [4.69, 9.17) is 4.74 Å². The highest BCUT2D eigenvalue weighted by atomic mass is 16.5. The molecule has 2 rings (SSSR count). The van der Waals surface area contributed by atoms with Crippen LogP contribution in [0.15, 0.2) is 0 Å². The van der Waals surface area contributed by atoms with Crippen LogP contribution in [0.5, 0.6) is 0 Å². The molecule has 5 amide bonds. The first-order valence-corrected chi connectivity index (χ1v) is 11.7. The largest absolute Gasteiger partial charge is 0.378 e. The smallest absolute Gasteiger partial charge is 0.324 e. The molecular formula is C22H41N5O4. The van der Waals surface area contributed by atoms with Crippen molar-refractivity contribution in [3.05, 3.63) is 0 Å². The van der Waals surface area contributed by atoms with Crippen molar-refractivity contribution in [3.63, 3.8) is 0 Å². The quantitative estimate of drug-likeness (QED) is 0.582. The van der Waals surface area contributed by atoms with Gasteiger partial charge >= 0.3 is 12.1 Å². The average Bonchev–Trinajstić information content (AvgIpc) is 2.77. The topological polar surface area (TPSA) is 85.4 Å². The Morgan fingerprint density at radius 3 is 2.35 bits per heavy atom. The van der Waals surface area contributed by atoms with Crippen LogP contribution in [0.3, 0.4) is 0 Å². The van der Waals surface area contributed by atoms with E-state index in [0.717, 1.165) is 25.8 Å². The highest BCUT2D eigenvalue weighted by Crippen LogP contribution is 2.30. The summed E-state index contributed by atoms with van der Waals surface area (Å²) in [5.41, 5.74) is 0. The van der Waals surface area contributed by atoms with E-state index in [-0.39, 0.29) is 29.8 Å². The standard InChI is InChI=1S/C22H41N5O4/c1-5-18-17-26(22(30)25-12-14-31-15-13-25)11-8-19(18)16-20(28)27(6-2)21(29)23-9-7-10-24(3)4/h18-19H,5-17H2,1-4H3,(H,23,29)/t18-,19-/m0/s1. The molecule has 0 radical (unpaired) electrons. The molecule has 2 aliphatic rings. The second kappa shape index (κ2) is 12.9. The molecule has 2 aliphatic heterocycles. The number of piperidine rings is 1. The van der Waals surface area contributed by atoms with Gasteiger partial charge in [0.1, 0.15) is 0 Å². The molecular weight excluding hydrogens is 398 g/mol. The van der Waals surface area contributed by atoms with Gasteiger partial charge in [-0.05, 0) is 52.2 Å². The normalized spacial score (nSPS) is 21.8. The molecule has 2 heterocycles. The Labute approximate surface area is 187 Å². The van der Waals surface area contributed by atoms with Crippen molar-refractivity contribution in [3.8, 4) is 0 Å². The van der Waals surface area contributed by atoms with Crippen LogP contribution < -0.4 is 5.32 Å². The third kappa shape index (κ3) is 7.64. The van der Waals surface area contributed by atoms with E-state index < -0.39 is 0 Å². The number of imide groups is 1. The summed E-state index contributed by atoms with van der Waals surface area (Å²) in [6.45, 7) is 9.56.